The lowest BCUT2D eigenvalue weighted by Gasteiger charge is -2.36. The fourth-order valence-corrected chi connectivity index (χ4v) is 3.57. The first-order chi connectivity index (χ1) is 10.6. The molecule has 1 aromatic carbocycles. The van der Waals surface area contributed by atoms with Gasteiger partial charge in [-0.25, -0.2) is 0 Å². The van der Waals surface area contributed by atoms with Gasteiger partial charge in [0.25, 0.3) is 5.91 Å². The van der Waals surface area contributed by atoms with E-state index in [1.54, 1.807) is 0 Å². The highest BCUT2D eigenvalue weighted by atomic mass is 32.1. The van der Waals surface area contributed by atoms with Crippen molar-refractivity contribution < 1.29 is 4.79 Å². The van der Waals surface area contributed by atoms with Gasteiger partial charge in [0.05, 0.1) is 16.3 Å². The fraction of sp³-hybridized carbons (Fsp3) is 0.353. The molecule has 1 aliphatic rings. The maximum Gasteiger partial charge on any atom is 0.265 e. The number of carbonyl (C=O) groups excluding carboxylic acids is 1. The van der Waals surface area contributed by atoms with Gasteiger partial charge in [0.1, 0.15) is 0 Å². The van der Waals surface area contributed by atoms with E-state index in [4.69, 9.17) is 5.73 Å². The molecule has 1 atom stereocenters. The molecule has 0 aliphatic carbocycles. The van der Waals surface area contributed by atoms with Crippen LogP contribution in [0.5, 0.6) is 0 Å². The van der Waals surface area contributed by atoms with Gasteiger partial charge in [0, 0.05) is 18.3 Å². The summed E-state index contributed by atoms with van der Waals surface area (Å²) in [4.78, 5) is 15.1. The van der Waals surface area contributed by atoms with Crippen LogP contribution in [0.3, 0.4) is 0 Å². The van der Waals surface area contributed by atoms with E-state index in [2.05, 4.69) is 17.1 Å². The molecule has 3 rings (SSSR count). The largest absolute Gasteiger partial charge is 0.397 e. The molecular formula is C17H21N3OS. The summed E-state index contributed by atoms with van der Waals surface area (Å²) in [5.41, 5.74) is 8.75. The maximum atomic E-state index is 12.1. The van der Waals surface area contributed by atoms with Crippen molar-refractivity contribution in [2.45, 2.75) is 32.2 Å². The molecule has 1 amide bonds. The maximum absolute atomic E-state index is 12.1. The predicted octanol–water partition coefficient (Wildman–Crippen LogP) is 3.96. The topological polar surface area (TPSA) is 58.4 Å². The quantitative estimate of drug-likeness (QED) is 0.843. The van der Waals surface area contributed by atoms with Crippen molar-refractivity contribution in [1.29, 1.82) is 0 Å². The summed E-state index contributed by atoms with van der Waals surface area (Å²) in [6, 6.07) is 9.99. The van der Waals surface area contributed by atoms with Crippen LogP contribution in [0, 0.1) is 0 Å². The lowest BCUT2D eigenvalue weighted by atomic mass is 10.0. The first-order valence-electron chi connectivity index (χ1n) is 7.66. The van der Waals surface area contributed by atoms with E-state index >= 15 is 0 Å². The predicted molar refractivity (Wildman–Crippen MR) is 93.8 cm³/mol. The third kappa shape index (κ3) is 3.09. The van der Waals surface area contributed by atoms with Gasteiger partial charge in [0.15, 0.2) is 0 Å². The van der Waals surface area contributed by atoms with E-state index in [1.807, 2.05) is 35.7 Å². The first kappa shape index (κ1) is 14.9. The number of nitrogens with one attached hydrogen (secondary N) is 1. The second-order valence-electron chi connectivity index (χ2n) is 5.74. The third-order valence-corrected chi connectivity index (χ3v) is 5.01. The summed E-state index contributed by atoms with van der Waals surface area (Å²) >= 11 is 1.43. The van der Waals surface area contributed by atoms with Gasteiger partial charge in [-0.05, 0) is 55.8 Å². The number of hydrogen-bond donors (Lipinski definition) is 2. The number of nitrogens with zero attached hydrogens (tertiary/aromatic N) is 1. The molecule has 1 aromatic heterocycles. The van der Waals surface area contributed by atoms with Crippen molar-refractivity contribution in [2.24, 2.45) is 0 Å². The van der Waals surface area contributed by atoms with Crippen LogP contribution in [0.2, 0.25) is 0 Å². The second-order valence-corrected chi connectivity index (χ2v) is 6.69. The zero-order chi connectivity index (χ0) is 15.5. The van der Waals surface area contributed by atoms with Crippen LogP contribution in [0.4, 0.5) is 17.1 Å². The summed E-state index contributed by atoms with van der Waals surface area (Å²) in [5.74, 6) is -0.0894. The number of benzene rings is 1. The Morgan fingerprint density at radius 2 is 2.23 bits per heavy atom. The Bertz CT molecular complexity index is 654. The molecule has 0 bridgehead atoms. The van der Waals surface area contributed by atoms with Crippen molar-refractivity contribution in [3.05, 3.63) is 40.6 Å². The van der Waals surface area contributed by atoms with E-state index in [1.165, 1.54) is 30.6 Å². The van der Waals surface area contributed by atoms with Gasteiger partial charge in [-0.1, -0.05) is 6.07 Å². The summed E-state index contributed by atoms with van der Waals surface area (Å²) in [6.45, 7) is 3.29. The number of piperidine rings is 1. The van der Waals surface area contributed by atoms with Gasteiger partial charge in [0.2, 0.25) is 0 Å². The van der Waals surface area contributed by atoms with E-state index in [9.17, 15) is 4.79 Å². The molecule has 3 N–H and O–H groups in total. The standard InChI is InChI=1S/C17H21N3OS/c1-12-5-2-3-9-20(12)15-8-7-13(11-14(15)18)19-17(21)16-6-4-10-22-16/h4,6-8,10-12H,2-3,5,9,18H2,1H3,(H,19,21). The number of carbonyl (C=O) groups is 1. The van der Waals surface area contributed by atoms with Gasteiger partial charge in [-0.2, -0.15) is 0 Å². The molecule has 0 radical (unpaired) electrons. The van der Waals surface area contributed by atoms with Gasteiger partial charge in [-0.3, -0.25) is 4.79 Å². The smallest absolute Gasteiger partial charge is 0.265 e. The number of amides is 1. The minimum Gasteiger partial charge on any atom is -0.397 e. The molecule has 5 heteroatoms. The highest BCUT2D eigenvalue weighted by molar-refractivity contribution is 7.12. The lowest BCUT2D eigenvalue weighted by Crippen LogP contribution is -2.37. The summed E-state index contributed by atoms with van der Waals surface area (Å²) in [6.07, 6.45) is 3.70. The average Bonchev–Trinajstić information content (AvgIpc) is 3.03. The van der Waals surface area contributed by atoms with E-state index in [0.29, 0.717) is 10.9 Å². The average molecular weight is 315 g/mol. The Labute approximate surface area is 134 Å². The van der Waals surface area contributed by atoms with E-state index < -0.39 is 0 Å². The normalized spacial score (nSPS) is 18.2. The molecule has 22 heavy (non-hydrogen) atoms. The fourth-order valence-electron chi connectivity index (χ4n) is 2.95. The second kappa shape index (κ2) is 6.40. The zero-order valence-corrected chi connectivity index (χ0v) is 13.5. The Hall–Kier alpha value is -2.01. The van der Waals surface area contributed by atoms with Gasteiger partial charge >= 0.3 is 0 Å². The highest BCUT2D eigenvalue weighted by Gasteiger charge is 2.20. The van der Waals surface area contributed by atoms with Gasteiger partial charge < -0.3 is 16.0 Å². The van der Waals surface area contributed by atoms with Crippen LogP contribution in [-0.2, 0) is 0 Å². The first-order valence-corrected chi connectivity index (χ1v) is 8.54. The Balaban J connectivity index is 1.76. The zero-order valence-electron chi connectivity index (χ0n) is 12.7. The van der Waals surface area contributed by atoms with Crippen LogP contribution >= 0.6 is 11.3 Å². The van der Waals surface area contributed by atoms with Crippen molar-refractivity contribution >= 4 is 34.3 Å². The molecule has 1 saturated heterocycles. The van der Waals surface area contributed by atoms with Crippen LogP contribution in [0.25, 0.3) is 0 Å². The summed E-state index contributed by atoms with van der Waals surface area (Å²) in [5, 5.41) is 4.79. The number of nitrogens with two attached hydrogens (primary N) is 1. The summed E-state index contributed by atoms with van der Waals surface area (Å²) < 4.78 is 0. The van der Waals surface area contributed by atoms with Crippen LogP contribution in [-0.4, -0.2) is 18.5 Å². The molecule has 0 saturated carbocycles. The van der Waals surface area contributed by atoms with Crippen molar-refractivity contribution in [1.82, 2.24) is 0 Å². The lowest BCUT2D eigenvalue weighted by molar-refractivity contribution is 0.103. The molecule has 1 fully saturated rings. The monoisotopic (exact) mass is 315 g/mol. The Kier molecular flexibility index (Phi) is 4.34. The Morgan fingerprint density at radius 3 is 2.91 bits per heavy atom. The van der Waals surface area contributed by atoms with Crippen LogP contribution < -0.4 is 16.0 Å². The Morgan fingerprint density at radius 1 is 1.36 bits per heavy atom. The number of thiophene rings is 1. The molecular weight excluding hydrogens is 294 g/mol. The van der Waals surface area contributed by atoms with Gasteiger partial charge in [-0.15, -0.1) is 11.3 Å². The molecule has 4 nitrogen and oxygen atoms in total. The highest BCUT2D eigenvalue weighted by Crippen LogP contribution is 2.31. The minimum atomic E-state index is -0.0894. The van der Waals surface area contributed by atoms with Crippen molar-refractivity contribution in [3.8, 4) is 0 Å². The number of anilines is 3. The molecule has 2 heterocycles. The van der Waals surface area contributed by atoms with Crippen molar-refractivity contribution in [2.75, 3.05) is 22.5 Å². The molecule has 0 spiro atoms. The van der Waals surface area contributed by atoms with E-state index in [-0.39, 0.29) is 5.91 Å². The molecule has 1 aliphatic heterocycles. The van der Waals surface area contributed by atoms with E-state index in [0.717, 1.165) is 23.6 Å². The SMILES string of the molecule is CC1CCCCN1c1ccc(NC(=O)c2cccs2)cc1N. The molecule has 1 unspecified atom stereocenters. The number of hydrogen-bond acceptors (Lipinski definition) is 4. The third-order valence-electron chi connectivity index (χ3n) is 4.14. The van der Waals surface area contributed by atoms with Crippen molar-refractivity contribution in [3.63, 3.8) is 0 Å². The number of rotatable bonds is 3. The molecule has 116 valence electrons. The number of nitrogen functional groups attached to an aromatic ring is 1. The van der Waals surface area contributed by atoms with Crippen LogP contribution in [0.15, 0.2) is 35.7 Å². The van der Waals surface area contributed by atoms with Crippen LogP contribution in [0.1, 0.15) is 35.9 Å². The molecule has 2 aromatic rings. The minimum absolute atomic E-state index is 0.0894. The summed E-state index contributed by atoms with van der Waals surface area (Å²) in [7, 11) is 0.